The van der Waals surface area contributed by atoms with Crippen LogP contribution in [-0.2, 0) is 9.59 Å². The molecule has 3 saturated heterocycles. The fourth-order valence-electron chi connectivity index (χ4n) is 6.62. The number of carbonyl (C=O) groups excluding carboxylic acids is 2. The van der Waals surface area contributed by atoms with E-state index in [9.17, 15) is 9.59 Å². The van der Waals surface area contributed by atoms with Crippen molar-refractivity contribution in [2.45, 2.75) is 95.9 Å². The molecule has 1 saturated carbocycles. The lowest BCUT2D eigenvalue weighted by Crippen LogP contribution is -2.47. The van der Waals surface area contributed by atoms with Gasteiger partial charge in [0.05, 0.1) is 0 Å². The normalized spacial score (nSPS) is 25.3. The molecule has 0 atom stereocenters. The Morgan fingerprint density at radius 2 is 1.39 bits per heavy atom. The molecule has 2 amide bonds. The minimum absolute atomic E-state index is 0.205. The molecule has 3 heterocycles. The maximum atomic E-state index is 12.7. The highest BCUT2D eigenvalue weighted by Crippen LogP contribution is 2.28. The average molecular weight is 461 g/mol. The van der Waals surface area contributed by atoms with Gasteiger partial charge < -0.3 is 20.0 Å². The summed E-state index contributed by atoms with van der Waals surface area (Å²) < 4.78 is 0. The number of hydrogen-bond donors (Lipinski definition) is 1. The molecule has 1 N–H and O–H groups in total. The molecular formula is C27H48N4O2. The van der Waals surface area contributed by atoms with E-state index in [1.54, 1.807) is 0 Å². The molecule has 3 aliphatic heterocycles. The van der Waals surface area contributed by atoms with Gasteiger partial charge in [-0.2, -0.15) is 0 Å². The summed E-state index contributed by atoms with van der Waals surface area (Å²) in [5.74, 6) is 1.30. The van der Waals surface area contributed by atoms with E-state index in [-0.39, 0.29) is 11.8 Å². The number of amides is 2. The third-order valence-corrected chi connectivity index (χ3v) is 8.79. The summed E-state index contributed by atoms with van der Waals surface area (Å²) in [6.45, 7) is 8.65. The molecule has 4 rings (SSSR count). The third-order valence-electron chi connectivity index (χ3n) is 8.79. The van der Waals surface area contributed by atoms with Crippen molar-refractivity contribution in [1.82, 2.24) is 20.0 Å². The van der Waals surface area contributed by atoms with E-state index in [2.05, 4.69) is 20.0 Å². The summed E-state index contributed by atoms with van der Waals surface area (Å²) in [5, 5.41) is 3.16. The molecule has 4 fully saturated rings. The highest BCUT2D eigenvalue weighted by molar-refractivity contribution is 5.79. The van der Waals surface area contributed by atoms with Crippen molar-refractivity contribution in [3.63, 3.8) is 0 Å². The second-order valence-electron chi connectivity index (χ2n) is 11.2. The first-order valence-corrected chi connectivity index (χ1v) is 14.2. The lowest BCUT2D eigenvalue weighted by Gasteiger charge is -2.40. The molecule has 6 heteroatoms. The van der Waals surface area contributed by atoms with Crippen LogP contribution in [0.2, 0.25) is 0 Å². The largest absolute Gasteiger partial charge is 0.356 e. The minimum atomic E-state index is 0.205. The minimum Gasteiger partial charge on any atom is -0.356 e. The van der Waals surface area contributed by atoms with Gasteiger partial charge in [0.15, 0.2) is 0 Å². The summed E-state index contributed by atoms with van der Waals surface area (Å²) in [5.41, 5.74) is 0. The highest BCUT2D eigenvalue weighted by atomic mass is 16.2. The van der Waals surface area contributed by atoms with Gasteiger partial charge in [0, 0.05) is 38.0 Å². The Hall–Kier alpha value is -1.14. The van der Waals surface area contributed by atoms with E-state index >= 15 is 0 Å². The maximum Gasteiger partial charge on any atom is 0.225 e. The number of rotatable bonds is 8. The Labute approximate surface area is 201 Å². The van der Waals surface area contributed by atoms with Gasteiger partial charge in [-0.1, -0.05) is 25.7 Å². The van der Waals surface area contributed by atoms with Crippen LogP contribution in [-0.4, -0.2) is 84.9 Å². The fraction of sp³-hybridized carbons (Fsp3) is 0.926. The van der Waals surface area contributed by atoms with Crippen molar-refractivity contribution in [1.29, 1.82) is 0 Å². The van der Waals surface area contributed by atoms with Crippen LogP contribution in [0, 0.1) is 11.8 Å². The van der Waals surface area contributed by atoms with Crippen LogP contribution in [0.4, 0.5) is 0 Å². The first kappa shape index (κ1) is 25.0. The summed E-state index contributed by atoms with van der Waals surface area (Å²) in [6.07, 6.45) is 16.3. The first-order valence-electron chi connectivity index (χ1n) is 14.2. The second kappa shape index (κ2) is 13.1. The predicted octanol–water partition coefficient (Wildman–Crippen LogP) is 3.65. The lowest BCUT2D eigenvalue weighted by molar-refractivity contribution is -0.138. The SMILES string of the molecule is O=C(CC1CCN(C(=O)C2CCCCC2)CC1)NCCCN1CCC(N2CCCCC2)CC1. The van der Waals surface area contributed by atoms with E-state index in [1.165, 1.54) is 77.5 Å². The Bertz CT molecular complexity index is 599. The van der Waals surface area contributed by atoms with Gasteiger partial charge >= 0.3 is 0 Å². The van der Waals surface area contributed by atoms with E-state index in [4.69, 9.17) is 0 Å². The van der Waals surface area contributed by atoms with Crippen molar-refractivity contribution in [3.05, 3.63) is 0 Å². The standard InChI is InChI=1S/C27H48N4O2/c32-26(22-23-10-20-31(21-11-23)27(33)24-8-3-1-4-9-24)28-14-7-15-29-18-12-25(13-19-29)30-16-5-2-6-17-30/h23-25H,1-22H2,(H,28,32). The van der Waals surface area contributed by atoms with Crippen molar-refractivity contribution in [2.24, 2.45) is 11.8 Å². The molecule has 0 aromatic heterocycles. The molecule has 0 aromatic rings. The van der Waals surface area contributed by atoms with Crippen LogP contribution in [0.3, 0.4) is 0 Å². The Balaban J connectivity index is 1.03. The van der Waals surface area contributed by atoms with Crippen LogP contribution in [0.15, 0.2) is 0 Å². The second-order valence-corrected chi connectivity index (χ2v) is 11.2. The number of nitrogens with one attached hydrogen (secondary N) is 1. The van der Waals surface area contributed by atoms with Crippen LogP contribution >= 0.6 is 0 Å². The Morgan fingerprint density at radius 3 is 2.09 bits per heavy atom. The van der Waals surface area contributed by atoms with E-state index in [0.29, 0.717) is 18.2 Å². The molecule has 4 aliphatic rings. The fourth-order valence-corrected chi connectivity index (χ4v) is 6.62. The van der Waals surface area contributed by atoms with Gasteiger partial charge in [0.2, 0.25) is 11.8 Å². The Morgan fingerprint density at radius 1 is 0.727 bits per heavy atom. The number of hydrogen-bond acceptors (Lipinski definition) is 4. The summed E-state index contributed by atoms with van der Waals surface area (Å²) >= 11 is 0. The molecule has 0 aromatic carbocycles. The van der Waals surface area contributed by atoms with Gasteiger partial charge in [0.25, 0.3) is 0 Å². The predicted molar refractivity (Wildman–Crippen MR) is 133 cm³/mol. The van der Waals surface area contributed by atoms with Gasteiger partial charge in [-0.3, -0.25) is 9.59 Å². The van der Waals surface area contributed by atoms with Crippen LogP contribution in [0.5, 0.6) is 0 Å². The molecular weight excluding hydrogens is 412 g/mol. The quantitative estimate of drug-likeness (QED) is 0.562. The summed E-state index contributed by atoms with van der Waals surface area (Å²) in [4.78, 5) is 32.6. The number of nitrogens with zero attached hydrogens (tertiary/aromatic N) is 3. The zero-order chi connectivity index (χ0) is 22.9. The van der Waals surface area contributed by atoms with E-state index in [1.807, 2.05) is 0 Å². The number of carbonyl (C=O) groups is 2. The topological polar surface area (TPSA) is 55.9 Å². The van der Waals surface area contributed by atoms with Gasteiger partial charge in [-0.05, 0) is 96.4 Å². The van der Waals surface area contributed by atoms with Gasteiger partial charge in [-0.15, -0.1) is 0 Å². The molecule has 0 spiro atoms. The molecule has 0 radical (unpaired) electrons. The number of piperidine rings is 3. The highest BCUT2D eigenvalue weighted by Gasteiger charge is 2.30. The van der Waals surface area contributed by atoms with Crippen molar-refractivity contribution >= 4 is 11.8 Å². The third kappa shape index (κ3) is 7.68. The molecule has 6 nitrogen and oxygen atoms in total. The van der Waals surface area contributed by atoms with Crippen molar-refractivity contribution in [2.75, 3.05) is 52.4 Å². The van der Waals surface area contributed by atoms with Gasteiger partial charge in [0.1, 0.15) is 0 Å². The molecule has 33 heavy (non-hydrogen) atoms. The maximum absolute atomic E-state index is 12.7. The summed E-state index contributed by atoms with van der Waals surface area (Å²) in [7, 11) is 0. The molecule has 0 unspecified atom stereocenters. The molecule has 1 aliphatic carbocycles. The zero-order valence-electron chi connectivity index (χ0n) is 20.9. The first-order chi connectivity index (χ1) is 16.2. The van der Waals surface area contributed by atoms with E-state index < -0.39 is 0 Å². The number of likely N-dealkylation sites (tertiary alicyclic amines) is 3. The van der Waals surface area contributed by atoms with E-state index in [0.717, 1.165) is 64.3 Å². The van der Waals surface area contributed by atoms with Gasteiger partial charge in [-0.25, -0.2) is 0 Å². The van der Waals surface area contributed by atoms with Crippen molar-refractivity contribution < 1.29 is 9.59 Å². The smallest absolute Gasteiger partial charge is 0.225 e. The monoisotopic (exact) mass is 460 g/mol. The molecule has 188 valence electrons. The lowest BCUT2D eigenvalue weighted by atomic mass is 9.87. The average Bonchev–Trinajstić information content (AvgIpc) is 2.88. The van der Waals surface area contributed by atoms with Crippen molar-refractivity contribution in [3.8, 4) is 0 Å². The van der Waals surface area contributed by atoms with Crippen LogP contribution < -0.4 is 5.32 Å². The molecule has 0 bridgehead atoms. The zero-order valence-corrected chi connectivity index (χ0v) is 20.9. The van der Waals surface area contributed by atoms with Crippen LogP contribution in [0.1, 0.15) is 89.9 Å². The summed E-state index contributed by atoms with van der Waals surface area (Å²) in [6, 6.07) is 0.811. The Kier molecular flexibility index (Phi) is 9.90. The van der Waals surface area contributed by atoms with Crippen LogP contribution in [0.25, 0.3) is 0 Å².